The third kappa shape index (κ3) is 3.77. The summed E-state index contributed by atoms with van der Waals surface area (Å²) in [7, 11) is 0. The molecule has 0 aliphatic rings. The van der Waals surface area contributed by atoms with Crippen LogP contribution in [0, 0.1) is 0 Å². The largest absolute Gasteiger partial charge is 0.363 e. The van der Waals surface area contributed by atoms with Gasteiger partial charge in [-0.1, -0.05) is 48.9 Å². The number of hydrogen-bond donors (Lipinski definition) is 2. The van der Waals surface area contributed by atoms with Gasteiger partial charge in [0.25, 0.3) is 0 Å². The molecule has 3 heteroatoms. The molecule has 0 amide bonds. The molecule has 2 nitrogen and oxygen atoms in total. The smallest absolute Gasteiger partial charge is 0.193 e. The lowest BCUT2D eigenvalue weighted by molar-refractivity contribution is 0.0852. The lowest BCUT2D eigenvalue weighted by Crippen LogP contribution is -2.38. The first-order valence-electron chi connectivity index (χ1n) is 4.34. The normalized spacial score (nSPS) is 15.3. The van der Waals surface area contributed by atoms with Crippen LogP contribution in [0.4, 0.5) is 0 Å². The van der Waals surface area contributed by atoms with Crippen LogP contribution in [0.15, 0.2) is 30.3 Å². The van der Waals surface area contributed by atoms with E-state index in [1.807, 2.05) is 37.3 Å². The second-order valence-corrected chi connectivity index (χ2v) is 3.58. The molecule has 2 N–H and O–H groups in total. The zero-order valence-electron chi connectivity index (χ0n) is 7.63. The highest BCUT2D eigenvalue weighted by molar-refractivity contribution is 6.22. The molecular weight excluding hydrogens is 186 g/mol. The van der Waals surface area contributed by atoms with Gasteiger partial charge in [-0.3, -0.25) is 5.32 Å². The minimum Gasteiger partial charge on any atom is -0.363 e. The standard InChI is InChI=1S/C10H14ClNO/c1-2-10(11,13)12-8-9-6-4-3-5-7-9/h3-7,12-13H,2,8H2,1H3. The third-order valence-corrected chi connectivity index (χ3v) is 2.28. The van der Waals surface area contributed by atoms with E-state index in [2.05, 4.69) is 5.32 Å². The molecule has 13 heavy (non-hydrogen) atoms. The predicted molar refractivity (Wildman–Crippen MR) is 54.4 cm³/mol. The highest BCUT2D eigenvalue weighted by Gasteiger charge is 2.18. The van der Waals surface area contributed by atoms with Gasteiger partial charge in [-0.2, -0.15) is 0 Å². The lowest BCUT2D eigenvalue weighted by Gasteiger charge is -2.20. The highest BCUT2D eigenvalue weighted by atomic mass is 35.5. The Balaban J connectivity index is 2.44. The summed E-state index contributed by atoms with van der Waals surface area (Å²) in [5.41, 5.74) is 1.11. The highest BCUT2D eigenvalue weighted by Crippen LogP contribution is 2.12. The van der Waals surface area contributed by atoms with Gasteiger partial charge in [0.1, 0.15) is 0 Å². The van der Waals surface area contributed by atoms with E-state index in [9.17, 15) is 5.11 Å². The monoisotopic (exact) mass is 199 g/mol. The third-order valence-electron chi connectivity index (χ3n) is 1.87. The molecule has 0 saturated carbocycles. The van der Waals surface area contributed by atoms with Crippen LogP contribution in [-0.2, 0) is 6.54 Å². The van der Waals surface area contributed by atoms with Crippen molar-refractivity contribution in [1.29, 1.82) is 0 Å². The topological polar surface area (TPSA) is 32.3 Å². The molecule has 0 fully saturated rings. The van der Waals surface area contributed by atoms with Gasteiger partial charge in [-0.05, 0) is 5.56 Å². The van der Waals surface area contributed by atoms with Crippen molar-refractivity contribution in [3.05, 3.63) is 35.9 Å². The molecule has 72 valence electrons. The van der Waals surface area contributed by atoms with Gasteiger partial charge in [0.15, 0.2) is 5.18 Å². The maximum absolute atomic E-state index is 9.44. The number of benzene rings is 1. The van der Waals surface area contributed by atoms with Gasteiger partial charge in [0.05, 0.1) is 0 Å². The number of alkyl halides is 1. The molecule has 0 aliphatic carbocycles. The van der Waals surface area contributed by atoms with Gasteiger partial charge in [-0.15, -0.1) is 0 Å². The maximum atomic E-state index is 9.44. The zero-order valence-corrected chi connectivity index (χ0v) is 8.38. The summed E-state index contributed by atoms with van der Waals surface area (Å²) in [6, 6.07) is 9.83. The van der Waals surface area contributed by atoms with E-state index in [1.165, 1.54) is 0 Å². The van der Waals surface area contributed by atoms with Crippen LogP contribution in [-0.4, -0.2) is 10.3 Å². The van der Waals surface area contributed by atoms with Crippen LogP contribution in [0.1, 0.15) is 18.9 Å². The predicted octanol–water partition coefficient (Wildman–Crippen LogP) is 2.07. The first-order chi connectivity index (χ1) is 6.14. The summed E-state index contributed by atoms with van der Waals surface area (Å²) in [6.45, 7) is 2.40. The molecule has 0 spiro atoms. The SMILES string of the molecule is CCC(O)(Cl)NCc1ccccc1. The van der Waals surface area contributed by atoms with Crippen molar-refractivity contribution in [3.8, 4) is 0 Å². The molecular formula is C10H14ClNO. The summed E-state index contributed by atoms with van der Waals surface area (Å²) in [4.78, 5) is 0. The zero-order chi connectivity index (χ0) is 9.73. The molecule has 0 bridgehead atoms. The summed E-state index contributed by atoms with van der Waals surface area (Å²) in [5, 5.41) is 11.0. The molecule has 1 rings (SSSR count). The molecule has 0 heterocycles. The van der Waals surface area contributed by atoms with E-state index >= 15 is 0 Å². The molecule has 0 aromatic heterocycles. The molecule has 1 unspecified atom stereocenters. The van der Waals surface area contributed by atoms with Crippen LogP contribution >= 0.6 is 11.6 Å². The number of hydrogen-bond acceptors (Lipinski definition) is 2. The first-order valence-corrected chi connectivity index (χ1v) is 4.72. The van der Waals surface area contributed by atoms with E-state index < -0.39 is 5.18 Å². The Hall–Kier alpha value is -0.570. The molecule has 0 saturated heterocycles. The average molecular weight is 200 g/mol. The quantitative estimate of drug-likeness (QED) is 0.442. The molecule has 1 atom stereocenters. The van der Waals surface area contributed by atoms with Gasteiger partial charge in [0.2, 0.25) is 0 Å². The lowest BCUT2D eigenvalue weighted by atomic mass is 10.2. The second kappa shape index (κ2) is 4.61. The van der Waals surface area contributed by atoms with Crippen LogP contribution in [0.2, 0.25) is 0 Å². The Morgan fingerprint density at radius 1 is 1.38 bits per heavy atom. The molecule has 1 aromatic rings. The van der Waals surface area contributed by atoms with Crippen molar-refractivity contribution in [2.24, 2.45) is 0 Å². The van der Waals surface area contributed by atoms with E-state index in [-0.39, 0.29) is 0 Å². The van der Waals surface area contributed by atoms with E-state index in [4.69, 9.17) is 11.6 Å². The van der Waals surface area contributed by atoms with E-state index in [1.54, 1.807) is 0 Å². The van der Waals surface area contributed by atoms with Crippen LogP contribution < -0.4 is 5.32 Å². The van der Waals surface area contributed by atoms with Crippen LogP contribution in [0.25, 0.3) is 0 Å². The number of nitrogens with one attached hydrogen (secondary N) is 1. The minimum atomic E-state index is -1.28. The van der Waals surface area contributed by atoms with Crippen molar-refractivity contribution in [3.63, 3.8) is 0 Å². The average Bonchev–Trinajstić information content (AvgIpc) is 2.17. The van der Waals surface area contributed by atoms with E-state index in [0.29, 0.717) is 13.0 Å². The Kier molecular flexibility index (Phi) is 3.72. The van der Waals surface area contributed by atoms with Gasteiger partial charge < -0.3 is 5.11 Å². The Morgan fingerprint density at radius 2 is 2.00 bits per heavy atom. The molecule has 1 aromatic carbocycles. The van der Waals surface area contributed by atoms with E-state index in [0.717, 1.165) is 5.56 Å². The number of halogens is 1. The number of aliphatic hydroxyl groups is 1. The maximum Gasteiger partial charge on any atom is 0.193 e. The fourth-order valence-electron chi connectivity index (χ4n) is 0.958. The van der Waals surface area contributed by atoms with Crippen molar-refractivity contribution in [1.82, 2.24) is 5.32 Å². The summed E-state index contributed by atoms with van der Waals surface area (Å²) in [6.07, 6.45) is 0.474. The van der Waals surface area contributed by atoms with Crippen LogP contribution in [0.3, 0.4) is 0 Å². The Bertz CT molecular complexity index is 248. The van der Waals surface area contributed by atoms with Crippen molar-refractivity contribution in [2.45, 2.75) is 25.1 Å². The minimum absolute atomic E-state index is 0.474. The van der Waals surface area contributed by atoms with Crippen molar-refractivity contribution >= 4 is 11.6 Å². The molecule has 0 radical (unpaired) electrons. The van der Waals surface area contributed by atoms with Gasteiger partial charge in [-0.25, -0.2) is 0 Å². The Morgan fingerprint density at radius 3 is 2.54 bits per heavy atom. The summed E-state index contributed by atoms with van der Waals surface area (Å²) >= 11 is 5.72. The van der Waals surface area contributed by atoms with Gasteiger partial charge >= 0.3 is 0 Å². The first kappa shape index (κ1) is 10.5. The second-order valence-electron chi connectivity index (χ2n) is 2.95. The van der Waals surface area contributed by atoms with Crippen LogP contribution in [0.5, 0.6) is 0 Å². The van der Waals surface area contributed by atoms with Gasteiger partial charge in [0, 0.05) is 13.0 Å². The van der Waals surface area contributed by atoms with Crippen molar-refractivity contribution < 1.29 is 5.11 Å². The fraction of sp³-hybridized carbons (Fsp3) is 0.400. The Labute approximate surface area is 83.5 Å². The summed E-state index contributed by atoms with van der Waals surface area (Å²) in [5.74, 6) is 0. The molecule has 0 aliphatic heterocycles. The summed E-state index contributed by atoms with van der Waals surface area (Å²) < 4.78 is 0. The number of rotatable bonds is 4. The fourth-order valence-corrected chi connectivity index (χ4v) is 1.03. The van der Waals surface area contributed by atoms with Crippen molar-refractivity contribution in [2.75, 3.05) is 0 Å².